The summed E-state index contributed by atoms with van der Waals surface area (Å²) in [5.74, 6) is -1.46. The number of amides is 3. The van der Waals surface area contributed by atoms with Gasteiger partial charge in [0.25, 0.3) is 0 Å². The predicted octanol–water partition coefficient (Wildman–Crippen LogP) is 8.45. The number of carboxylic acid groups (broad SMARTS) is 1. The highest BCUT2D eigenvalue weighted by molar-refractivity contribution is 5.91. The van der Waals surface area contributed by atoms with Gasteiger partial charge in [0.1, 0.15) is 12.6 Å². The Kier molecular flexibility index (Phi) is 21.5. The first kappa shape index (κ1) is 51.8. The summed E-state index contributed by atoms with van der Waals surface area (Å²) in [7, 11) is 4.75. The second-order valence-corrected chi connectivity index (χ2v) is 16.8. The van der Waals surface area contributed by atoms with Gasteiger partial charge in [0, 0.05) is 33.7 Å². The van der Waals surface area contributed by atoms with E-state index in [2.05, 4.69) is 50.4 Å². The van der Waals surface area contributed by atoms with Gasteiger partial charge in [-0.05, 0) is 72.6 Å². The first-order chi connectivity index (χ1) is 28.4. The molecule has 0 spiro atoms. The van der Waals surface area contributed by atoms with Crippen molar-refractivity contribution in [1.82, 2.24) is 15.1 Å². The van der Waals surface area contributed by atoms with Crippen molar-refractivity contribution in [3.05, 3.63) is 59.7 Å². The number of ether oxygens (including phenoxy) is 3. The number of methoxy groups -OCH3 is 2. The van der Waals surface area contributed by atoms with E-state index in [0.29, 0.717) is 18.9 Å². The number of benzene rings is 2. The number of carboxylic acids is 1. The number of hydrogen-bond acceptors (Lipinski definition) is 8. The van der Waals surface area contributed by atoms with Crippen LogP contribution in [0, 0.1) is 29.6 Å². The number of fused-ring (bicyclic) bond motifs is 3. The molecule has 0 bridgehead atoms. The van der Waals surface area contributed by atoms with Crippen LogP contribution in [0.3, 0.4) is 0 Å². The Morgan fingerprint density at radius 3 is 1.87 bits per heavy atom. The van der Waals surface area contributed by atoms with E-state index in [1.165, 1.54) is 18.9 Å². The quantitative estimate of drug-likeness (QED) is 0.151. The van der Waals surface area contributed by atoms with Crippen LogP contribution in [0.4, 0.5) is 4.79 Å². The van der Waals surface area contributed by atoms with E-state index < -0.39 is 36.2 Å². The van der Waals surface area contributed by atoms with Gasteiger partial charge in [-0.1, -0.05) is 117 Å². The first-order valence-electron chi connectivity index (χ1n) is 21.9. The highest BCUT2D eigenvalue weighted by Crippen LogP contribution is 2.44. The molecule has 2 aromatic carbocycles. The van der Waals surface area contributed by atoms with Crippen LogP contribution in [-0.2, 0) is 33.4 Å². The SMILES string of the molecule is CC.CC(=O)[C@@H](NC(=O)C(C(C)C)N(C)C(=O)OCC1c2ccccc2-c2ccccc21)C(C)C.CCC(C)[C@H](C)C(CC(=O)N1CCC[C@H]1C(OC)C(C)C(=O)O)OC. The number of likely N-dealkylation sites (tertiary alicyclic amines) is 1. The molecule has 1 aliphatic carbocycles. The van der Waals surface area contributed by atoms with Crippen molar-refractivity contribution in [3.8, 4) is 11.1 Å². The molecule has 5 unspecified atom stereocenters. The summed E-state index contributed by atoms with van der Waals surface area (Å²) in [5.41, 5.74) is 4.58. The number of ketones is 1. The normalized spacial score (nSPS) is 17.9. The van der Waals surface area contributed by atoms with Crippen molar-refractivity contribution in [2.24, 2.45) is 29.6 Å². The summed E-state index contributed by atoms with van der Waals surface area (Å²) in [4.78, 5) is 65.4. The Hall–Kier alpha value is -4.29. The van der Waals surface area contributed by atoms with Crippen molar-refractivity contribution in [2.45, 2.75) is 138 Å². The largest absolute Gasteiger partial charge is 0.481 e. The lowest BCUT2D eigenvalue weighted by Gasteiger charge is -2.34. The monoisotopic (exact) mass is 838 g/mol. The van der Waals surface area contributed by atoms with E-state index >= 15 is 0 Å². The van der Waals surface area contributed by atoms with Gasteiger partial charge in [0.05, 0.1) is 36.6 Å². The number of hydrogen-bond donors (Lipinski definition) is 2. The summed E-state index contributed by atoms with van der Waals surface area (Å²) < 4.78 is 16.8. The summed E-state index contributed by atoms with van der Waals surface area (Å²) in [6.45, 7) is 21.9. The lowest BCUT2D eigenvalue weighted by Crippen LogP contribution is -2.55. The van der Waals surface area contributed by atoms with Crippen LogP contribution < -0.4 is 5.32 Å². The van der Waals surface area contributed by atoms with E-state index in [9.17, 15) is 29.1 Å². The van der Waals surface area contributed by atoms with Gasteiger partial charge in [-0.15, -0.1) is 0 Å². The van der Waals surface area contributed by atoms with Crippen molar-refractivity contribution < 1.29 is 43.3 Å². The van der Waals surface area contributed by atoms with Crippen LogP contribution in [-0.4, -0.2) is 109 Å². The standard InChI is InChI=1S/C27H34N2O4.C19H35NO5.C2H6/c1-16(2)24(18(5)30)28-26(31)25(17(3)4)29(6)27(32)33-15-23-21-13-9-7-11-19(21)20-12-8-10-14-22(20)23;1-7-12(2)13(3)16(24-5)11-17(21)20-10-8-9-15(20)18(25-6)14(4)19(22)23;1-2/h7-14,16-17,23-25H,15H2,1-6H3,(H,28,31);12-16,18H,7-11H2,1-6H3,(H,22,23);1-2H3/t24-,25?;12?,13-,14?,15-,16?,18?;/m00./s1. The van der Waals surface area contributed by atoms with Crippen LogP contribution in [0.1, 0.15) is 119 Å². The molecule has 0 saturated carbocycles. The molecule has 1 aliphatic heterocycles. The first-order valence-corrected chi connectivity index (χ1v) is 21.9. The van der Waals surface area contributed by atoms with E-state index in [4.69, 9.17) is 14.2 Å². The maximum atomic E-state index is 13.0. The zero-order valence-electron chi connectivity index (χ0n) is 38.8. The summed E-state index contributed by atoms with van der Waals surface area (Å²) in [6, 6.07) is 14.8. The Morgan fingerprint density at radius 1 is 0.867 bits per heavy atom. The molecule has 2 N–H and O–H groups in total. The van der Waals surface area contributed by atoms with E-state index in [1.54, 1.807) is 21.1 Å². The van der Waals surface area contributed by atoms with Crippen molar-refractivity contribution in [1.29, 1.82) is 0 Å². The smallest absolute Gasteiger partial charge is 0.410 e. The molecule has 4 rings (SSSR count). The fourth-order valence-electron chi connectivity index (χ4n) is 8.50. The summed E-state index contributed by atoms with van der Waals surface area (Å²) in [5, 5.41) is 12.1. The van der Waals surface area contributed by atoms with Crippen molar-refractivity contribution in [2.75, 3.05) is 34.4 Å². The fourth-order valence-corrected chi connectivity index (χ4v) is 8.50. The van der Waals surface area contributed by atoms with Crippen LogP contribution in [0.2, 0.25) is 0 Å². The average Bonchev–Trinajstić information content (AvgIpc) is 3.84. The Bertz CT molecular complexity index is 1650. The molecule has 0 radical (unpaired) electrons. The van der Waals surface area contributed by atoms with Gasteiger partial charge < -0.3 is 29.5 Å². The van der Waals surface area contributed by atoms with E-state index in [1.807, 2.05) is 70.7 Å². The zero-order chi connectivity index (χ0) is 45.4. The molecule has 8 atom stereocenters. The van der Waals surface area contributed by atoms with Crippen LogP contribution >= 0.6 is 0 Å². The molecular weight excluding hydrogens is 763 g/mol. The van der Waals surface area contributed by atoms with Crippen molar-refractivity contribution in [3.63, 3.8) is 0 Å². The van der Waals surface area contributed by atoms with Gasteiger partial charge >= 0.3 is 12.1 Å². The molecule has 0 aromatic heterocycles. The van der Waals surface area contributed by atoms with Gasteiger partial charge in [-0.25, -0.2) is 4.79 Å². The molecule has 12 nitrogen and oxygen atoms in total. The maximum Gasteiger partial charge on any atom is 0.410 e. The maximum absolute atomic E-state index is 13.0. The highest BCUT2D eigenvalue weighted by Gasteiger charge is 2.41. The zero-order valence-corrected chi connectivity index (χ0v) is 38.8. The molecule has 1 saturated heterocycles. The topological polar surface area (TPSA) is 152 Å². The Morgan fingerprint density at radius 2 is 1.42 bits per heavy atom. The second-order valence-electron chi connectivity index (χ2n) is 16.8. The third kappa shape index (κ3) is 13.1. The molecule has 1 heterocycles. The number of Topliss-reactive ketones (excluding diaryl/α,β-unsaturated/α-hetero) is 1. The minimum Gasteiger partial charge on any atom is -0.481 e. The fraction of sp³-hybridized carbons (Fsp3) is 0.646. The van der Waals surface area contributed by atoms with Gasteiger partial charge in [0.2, 0.25) is 11.8 Å². The molecule has 2 aliphatic rings. The highest BCUT2D eigenvalue weighted by atomic mass is 16.6. The minimum absolute atomic E-state index is 0.0316. The Labute approximate surface area is 360 Å². The number of nitrogens with zero attached hydrogens (tertiary/aromatic N) is 2. The van der Waals surface area contributed by atoms with Crippen LogP contribution in [0.25, 0.3) is 11.1 Å². The minimum atomic E-state index is -0.897. The molecular formula is C48H75N3O9. The third-order valence-corrected chi connectivity index (χ3v) is 12.3. The molecule has 1 fully saturated rings. The second kappa shape index (κ2) is 24.8. The van der Waals surface area contributed by atoms with E-state index in [0.717, 1.165) is 41.5 Å². The lowest BCUT2D eigenvalue weighted by atomic mass is 9.87. The number of rotatable bonds is 18. The van der Waals surface area contributed by atoms with Crippen LogP contribution in [0.5, 0.6) is 0 Å². The van der Waals surface area contributed by atoms with Gasteiger partial charge in [-0.2, -0.15) is 0 Å². The predicted molar refractivity (Wildman–Crippen MR) is 237 cm³/mol. The number of carbonyl (C=O) groups is 5. The molecule has 2 aromatic rings. The third-order valence-electron chi connectivity index (χ3n) is 12.3. The number of aliphatic carboxylic acids is 1. The summed E-state index contributed by atoms with van der Waals surface area (Å²) in [6.07, 6.45) is 1.86. The lowest BCUT2D eigenvalue weighted by molar-refractivity contribution is -0.151. The molecule has 12 heteroatoms. The van der Waals surface area contributed by atoms with Crippen molar-refractivity contribution >= 4 is 29.7 Å². The average molecular weight is 838 g/mol. The Balaban J connectivity index is 0.000000412. The summed E-state index contributed by atoms with van der Waals surface area (Å²) >= 11 is 0. The van der Waals surface area contributed by atoms with Gasteiger partial charge in [0.15, 0.2) is 5.78 Å². The molecule has 336 valence electrons. The molecule has 60 heavy (non-hydrogen) atoms. The van der Waals surface area contributed by atoms with Gasteiger partial charge in [-0.3, -0.25) is 24.1 Å². The molecule has 3 amide bonds. The number of carbonyl (C=O) groups excluding carboxylic acids is 4. The van der Waals surface area contributed by atoms with E-state index in [-0.39, 0.29) is 60.0 Å². The number of nitrogens with one attached hydrogen (secondary N) is 1. The van der Waals surface area contributed by atoms with Crippen LogP contribution in [0.15, 0.2) is 48.5 Å². The number of likely N-dealkylation sites (N-methyl/N-ethyl adjacent to an activating group) is 1.